The van der Waals surface area contributed by atoms with Crippen LogP contribution in [-0.2, 0) is 4.79 Å². The number of hydrogen-bond donors (Lipinski definition) is 2. The highest BCUT2D eigenvalue weighted by Gasteiger charge is 2.41. The quantitative estimate of drug-likeness (QED) is 0.474. The minimum atomic E-state index is -1.05. The maximum atomic E-state index is 11.8. The second-order valence-electron chi connectivity index (χ2n) is 4.76. The van der Waals surface area contributed by atoms with Gasteiger partial charge in [-0.2, -0.15) is 0 Å². The van der Waals surface area contributed by atoms with Gasteiger partial charge in [-0.25, -0.2) is 9.28 Å². The lowest BCUT2D eigenvalue weighted by Gasteiger charge is -2.35. The van der Waals surface area contributed by atoms with Gasteiger partial charge in [0.05, 0.1) is 19.5 Å². The lowest BCUT2D eigenvalue weighted by Crippen LogP contribution is -2.58. The van der Waals surface area contributed by atoms with Crippen LogP contribution in [0.3, 0.4) is 0 Å². The fraction of sp³-hybridized carbons (Fsp3) is 0.889. The van der Waals surface area contributed by atoms with Gasteiger partial charge < -0.3 is 10.2 Å². The van der Waals surface area contributed by atoms with Gasteiger partial charge in [-0.3, -0.25) is 0 Å². The molecule has 0 saturated carbocycles. The number of quaternary nitrogens is 1. The summed E-state index contributed by atoms with van der Waals surface area (Å²) in [5.74, 6) is -0.103. The zero-order valence-corrected chi connectivity index (χ0v) is 9.03. The number of likely N-dealkylation sites (N-methyl/N-ethyl adjacent to an activating group) is 1. The molecule has 0 aliphatic heterocycles. The average molecular weight is 190 g/mol. The number of nitrogens with zero attached hydrogens (tertiary/aromatic N) is 1. The van der Waals surface area contributed by atoms with Crippen LogP contribution in [0.1, 0.15) is 20.8 Å². The number of aliphatic hydroxyl groups excluding tert-OH is 2. The van der Waals surface area contributed by atoms with Crippen molar-refractivity contribution in [1.82, 2.24) is 0 Å². The average Bonchev–Trinajstić information content (AvgIpc) is 1.99. The monoisotopic (exact) mass is 190 g/mol. The summed E-state index contributed by atoms with van der Waals surface area (Å²) >= 11 is 0. The van der Waals surface area contributed by atoms with Gasteiger partial charge in [0.2, 0.25) is 6.23 Å². The van der Waals surface area contributed by atoms with Gasteiger partial charge in [-0.1, -0.05) is 0 Å². The van der Waals surface area contributed by atoms with Crippen molar-refractivity contribution in [3.63, 3.8) is 0 Å². The van der Waals surface area contributed by atoms with E-state index >= 15 is 0 Å². The van der Waals surface area contributed by atoms with Crippen molar-refractivity contribution in [2.45, 2.75) is 27.0 Å². The summed E-state index contributed by atoms with van der Waals surface area (Å²) < 4.78 is -0.208. The second kappa shape index (κ2) is 3.74. The number of amides is 1. The Morgan fingerprint density at radius 3 is 2.00 bits per heavy atom. The van der Waals surface area contributed by atoms with Gasteiger partial charge in [0, 0.05) is 0 Å². The van der Waals surface area contributed by atoms with Gasteiger partial charge >= 0.3 is 5.91 Å². The molecule has 13 heavy (non-hydrogen) atoms. The molecule has 0 radical (unpaired) electrons. The lowest BCUT2D eigenvalue weighted by atomic mass is 9.93. The summed E-state index contributed by atoms with van der Waals surface area (Å²) in [6.07, 6.45) is -1.05. The van der Waals surface area contributed by atoms with Crippen LogP contribution in [0.25, 0.3) is 0 Å². The predicted octanol–water partition coefficient (Wildman–Crippen LogP) is -0.0538. The van der Waals surface area contributed by atoms with Crippen molar-refractivity contribution in [3.05, 3.63) is 0 Å². The zero-order valence-electron chi connectivity index (χ0n) is 9.03. The summed E-state index contributed by atoms with van der Waals surface area (Å²) in [4.78, 5) is 11.8. The molecule has 0 fully saturated rings. The Labute approximate surface area is 79.4 Å². The molecular weight excluding hydrogens is 170 g/mol. The van der Waals surface area contributed by atoms with E-state index in [4.69, 9.17) is 5.11 Å². The molecule has 0 aromatic carbocycles. The molecule has 4 nitrogen and oxygen atoms in total. The highest BCUT2D eigenvalue weighted by atomic mass is 16.3. The first-order chi connectivity index (χ1) is 5.64. The van der Waals surface area contributed by atoms with Gasteiger partial charge in [-0.05, 0) is 20.8 Å². The zero-order chi connectivity index (χ0) is 10.9. The topological polar surface area (TPSA) is 57.5 Å². The van der Waals surface area contributed by atoms with Gasteiger partial charge in [-0.15, -0.1) is 0 Å². The minimum absolute atomic E-state index is 0.103. The maximum Gasteiger partial charge on any atom is 0.320 e. The third-order valence-electron chi connectivity index (χ3n) is 2.07. The van der Waals surface area contributed by atoms with E-state index in [2.05, 4.69) is 0 Å². The Hall–Kier alpha value is -0.450. The highest BCUT2D eigenvalue weighted by Crippen LogP contribution is 2.21. The normalized spacial score (nSPS) is 15.6. The van der Waals surface area contributed by atoms with Crippen molar-refractivity contribution in [1.29, 1.82) is 0 Å². The smallest absolute Gasteiger partial charge is 0.320 e. The van der Waals surface area contributed by atoms with E-state index in [9.17, 15) is 9.90 Å². The summed E-state index contributed by atoms with van der Waals surface area (Å²) in [6, 6.07) is 0. The van der Waals surface area contributed by atoms with Crippen molar-refractivity contribution >= 4 is 5.91 Å². The molecule has 1 atom stereocenters. The van der Waals surface area contributed by atoms with Crippen LogP contribution in [0.2, 0.25) is 0 Å². The third kappa shape index (κ3) is 2.76. The van der Waals surface area contributed by atoms with Crippen molar-refractivity contribution in [2.24, 2.45) is 5.41 Å². The molecule has 0 saturated heterocycles. The van der Waals surface area contributed by atoms with Crippen LogP contribution >= 0.6 is 0 Å². The van der Waals surface area contributed by atoms with E-state index < -0.39 is 18.2 Å². The molecule has 2 N–H and O–H groups in total. The molecule has 0 aromatic heterocycles. The Kier molecular flexibility index (Phi) is 3.61. The van der Waals surface area contributed by atoms with E-state index in [1.54, 1.807) is 34.9 Å². The Balaban J connectivity index is 4.74. The van der Waals surface area contributed by atoms with Crippen LogP contribution in [0.5, 0.6) is 0 Å². The summed E-state index contributed by atoms with van der Waals surface area (Å²) in [5.41, 5.74) is -0.514. The first-order valence-corrected chi connectivity index (χ1v) is 4.31. The largest absolute Gasteiger partial charge is 0.387 e. The first-order valence-electron chi connectivity index (χ1n) is 4.31. The standard InChI is InChI=1S/C9H20NO3/c1-9(2,3)8(13)10(4,5)7(12)6-11/h7,11-12H,6H2,1-5H3/q+1. The second-order valence-corrected chi connectivity index (χ2v) is 4.76. The van der Waals surface area contributed by atoms with Gasteiger partial charge in [0.1, 0.15) is 6.61 Å². The van der Waals surface area contributed by atoms with Crippen LogP contribution in [0.15, 0.2) is 0 Å². The molecule has 0 heterocycles. The van der Waals surface area contributed by atoms with Crippen LogP contribution in [-0.4, -0.2) is 47.5 Å². The molecule has 78 valence electrons. The van der Waals surface area contributed by atoms with Crippen LogP contribution in [0.4, 0.5) is 0 Å². The van der Waals surface area contributed by atoms with Gasteiger partial charge in [0.25, 0.3) is 0 Å². The highest BCUT2D eigenvalue weighted by molar-refractivity contribution is 5.74. The molecule has 0 bridgehead atoms. The molecule has 1 amide bonds. The summed E-state index contributed by atoms with van der Waals surface area (Å²) in [7, 11) is 3.18. The molecule has 4 heteroatoms. The molecule has 0 aliphatic rings. The van der Waals surface area contributed by atoms with Crippen molar-refractivity contribution in [2.75, 3.05) is 20.7 Å². The van der Waals surface area contributed by atoms with E-state index in [0.717, 1.165) is 0 Å². The third-order valence-corrected chi connectivity index (χ3v) is 2.07. The lowest BCUT2D eigenvalue weighted by molar-refractivity contribution is -0.869. The molecule has 1 unspecified atom stereocenters. The SMILES string of the molecule is CC(C)(C)C(=O)[N+](C)(C)C(O)CO. The number of carbonyl (C=O) groups is 1. The number of aliphatic hydroxyl groups is 2. The first kappa shape index (κ1) is 12.6. The Morgan fingerprint density at radius 2 is 1.77 bits per heavy atom. The fourth-order valence-electron chi connectivity index (χ4n) is 1.20. The minimum Gasteiger partial charge on any atom is -0.387 e. The number of rotatable bonds is 2. The molecule has 0 aliphatic carbocycles. The van der Waals surface area contributed by atoms with Crippen molar-refractivity contribution in [3.8, 4) is 0 Å². The maximum absolute atomic E-state index is 11.8. The molecule has 0 spiro atoms. The van der Waals surface area contributed by atoms with E-state index in [1.165, 1.54) is 0 Å². The number of carbonyl (C=O) groups excluding carboxylic acids is 1. The van der Waals surface area contributed by atoms with E-state index in [-0.39, 0.29) is 10.4 Å². The summed E-state index contributed by atoms with van der Waals surface area (Å²) in [5, 5.41) is 18.2. The van der Waals surface area contributed by atoms with E-state index in [0.29, 0.717) is 0 Å². The fourth-order valence-corrected chi connectivity index (χ4v) is 1.20. The van der Waals surface area contributed by atoms with Crippen LogP contribution in [0, 0.1) is 5.41 Å². The molecule has 0 aromatic rings. The Morgan fingerprint density at radius 1 is 1.38 bits per heavy atom. The Bertz CT molecular complexity index is 194. The molecule has 0 rings (SSSR count). The number of hydrogen-bond acceptors (Lipinski definition) is 3. The summed E-state index contributed by atoms with van der Waals surface area (Å²) in [6.45, 7) is 4.97. The van der Waals surface area contributed by atoms with Crippen LogP contribution < -0.4 is 0 Å². The van der Waals surface area contributed by atoms with E-state index in [1.807, 2.05) is 0 Å². The molecular formula is C9H20NO3+. The van der Waals surface area contributed by atoms with Crippen molar-refractivity contribution < 1.29 is 19.5 Å². The van der Waals surface area contributed by atoms with Gasteiger partial charge in [0.15, 0.2) is 0 Å². The predicted molar refractivity (Wildman–Crippen MR) is 49.7 cm³/mol.